The van der Waals surface area contributed by atoms with Gasteiger partial charge in [-0.15, -0.1) is 11.3 Å². The lowest BCUT2D eigenvalue weighted by atomic mass is 9.90. The molecule has 31 heavy (non-hydrogen) atoms. The Labute approximate surface area is 188 Å². The topological polar surface area (TPSA) is 65.5 Å². The molecule has 6 nitrogen and oxygen atoms in total. The number of hydrogen-bond donors (Lipinski definition) is 1. The van der Waals surface area contributed by atoms with Gasteiger partial charge in [0, 0.05) is 49.4 Å². The minimum atomic E-state index is 0.0188. The number of aryl methyl sites for hydroxylation is 2. The van der Waals surface area contributed by atoms with E-state index in [0.717, 1.165) is 56.3 Å². The van der Waals surface area contributed by atoms with Crippen molar-refractivity contribution in [1.82, 2.24) is 15.2 Å². The summed E-state index contributed by atoms with van der Waals surface area (Å²) in [4.78, 5) is 35.4. The summed E-state index contributed by atoms with van der Waals surface area (Å²) in [5.41, 5.74) is 3.53. The summed E-state index contributed by atoms with van der Waals surface area (Å²) in [5.74, 6) is 0.445. The molecule has 2 heterocycles. The van der Waals surface area contributed by atoms with Gasteiger partial charge in [0.2, 0.25) is 11.8 Å². The number of nitrogens with zero attached hydrogens (tertiary/aromatic N) is 3. The quantitative estimate of drug-likeness (QED) is 0.776. The molecule has 0 spiro atoms. The molecule has 0 bridgehead atoms. The maximum Gasteiger partial charge on any atom is 0.225 e. The van der Waals surface area contributed by atoms with Gasteiger partial charge >= 0.3 is 0 Å². The van der Waals surface area contributed by atoms with E-state index in [1.807, 2.05) is 30.9 Å². The molecule has 166 valence electrons. The molecule has 1 atom stereocenters. The van der Waals surface area contributed by atoms with Gasteiger partial charge in [-0.25, -0.2) is 4.98 Å². The molecular formula is C24H32N4O2S. The molecule has 1 aromatic heterocycles. The molecule has 2 amide bonds. The van der Waals surface area contributed by atoms with Crippen LogP contribution in [0.4, 0.5) is 5.13 Å². The number of carbonyl (C=O) groups excluding carboxylic acids is 2. The highest BCUT2D eigenvalue weighted by molar-refractivity contribution is 7.15. The van der Waals surface area contributed by atoms with Gasteiger partial charge < -0.3 is 15.1 Å². The van der Waals surface area contributed by atoms with Crippen molar-refractivity contribution in [2.45, 2.75) is 46.6 Å². The Morgan fingerprint density at radius 3 is 2.65 bits per heavy atom. The third-order valence-corrected chi connectivity index (χ3v) is 7.55. The summed E-state index contributed by atoms with van der Waals surface area (Å²) in [6, 6.07) is 8.18. The van der Waals surface area contributed by atoms with Crippen molar-refractivity contribution in [3.8, 4) is 0 Å². The van der Waals surface area contributed by atoms with Gasteiger partial charge in [0.05, 0.1) is 5.69 Å². The molecule has 1 aromatic carbocycles. The van der Waals surface area contributed by atoms with Crippen molar-refractivity contribution in [3.63, 3.8) is 0 Å². The number of carbonyl (C=O) groups is 2. The molecule has 1 unspecified atom stereocenters. The fourth-order valence-electron chi connectivity index (χ4n) is 4.34. The number of aromatic nitrogens is 1. The maximum absolute atomic E-state index is 12.8. The van der Waals surface area contributed by atoms with E-state index in [1.54, 1.807) is 11.3 Å². The molecule has 7 heteroatoms. The number of hydrogen-bond acceptors (Lipinski definition) is 5. The number of fused-ring (bicyclic) bond motifs is 1. The van der Waals surface area contributed by atoms with Crippen molar-refractivity contribution < 1.29 is 9.59 Å². The van der Waals surface area contributed by atoms with Gasteiger partial charge in [0.15, 0.2) is 5.13 Å². The Hall–Kier alpha value is -2.41. The van der Waals surface area contributed by atoms with Crippen LogP contribution in [0, 0.1) is 18.8 Å². The van der Waals surface area contributed by atoms with E-state index >= 15 is 0 Å². The van der Waals surface area contributed by atoms with Crippen molar-refractivity contribution >= 4 is 28.3 Å². The van der Waals surface area contributed by atoms with Crippen LogP contribution >= 0.6 is 11.3 Å². The number of thiazole rings is 1. The summed E-state index contributed by atoms with van der Waals surface area (Å²) in [6.45, 7) is 9.73. The molecular weight excluding hydrogens is 408 g/mol. The second kappa shape index (κ2) is 9.39. The largest absolute Gasteiger partial charge is 0.352 e. The normalized spacial score (nSPS) is 18.8. The van der Waals surface area contributed by atoms with Gasteiger partial charge in [-0.2, -0.15) is 0 Å². The van der Waals surface area contributed by atoms with E-state index in [-0.39, 0.29) is 23.7 Å². The van der Waals surface area contributed by atoms with Crippen molar-refractivity contribution in [3.05, 3.63) is 46.0 Å². The van der Waals surface area contributed by atoms with Gasteiger partial charge in [-0.05, 0) is 37.3 Å². The zero-order valence-corrected chi connectivity index (χ0v) is 19.5. The van der Waals surface area contributed by atoms with Gasteiger partial charge in [-0.3, -0.25) is 9.59 Å². The first kappa shape index (κ1) is 21.8. The van der Waals surface area contributed by atoms with Crippen LogP contribution in [0.25, 0.3) is 0 Å². The van der Waals surface area contributed by atoms with Crippen LogP contribution in [0.3, 0.4) is 0 Å². The van der Waals surface area contributed by atoms with E-state index in [9.17, 15) is 9.59 Å². The zero-order chi connectivity index (χ0) is 22.0. The van der Waals surface area contributed by atoms with E-state index in [0.29, 0.717) is 6.54 Å². The van der Waals surface area contributed by atoms with Gasteiger partial charge in [0.25, 0.3) is 0 Å². The van der Waals surface area contributed by atoms with E-state index in [2.05, 4.69) is 29.3 Å². The highest BCUT2D eigenvalue weighted by Gasteiger charge is 2.30. The van der Waals surface area contributed by atoms with Crippen LogP contribution in [0.2, 0.25) is 0 Å². The Bertz CT molecular complexity index is 947. The Balaban J connectivity index is 1.33. The predicted octanol–water partition coefficient (Wildman–Crippen LogP) is 3.18. The first-order valence-corrected chi connectivity index (χ1v) is 12.1. The van der Waals surface area contributed by atoms with Crippen LogP contribution in [0.5, 0.6) is 0 Å². The van der Waals surface area contributed by atoms with E-state index < -0.39 is 0 Å². The maximum atomic E-state index is 12.8. The molecule has 1 aliphatic carbocycles. The predicted molar refractivity (Wildman–Crippen MR) is 124 cm³/mol. The first-order chi connectivity index (χ1) is 14.9. The second-order valence-corrected chi connectivity index (χ2v) is 9.98. The molecule has 1 saturated heterocycles. The summed E-state index contributed by atoms with van der Waals surface area (Å²) < 4.78 is 0. The summed E-state index contributed by atoms with van der Waals surface area (Å²) in [7, 11) is 0. The van der Waals surface area contributed by atoms with Crippen molar-refractivity contribution in [1.29, 1.82) is 0 Å². The second-order valence-electron chi connectivity index (χ2n) is 8.92. The lowest BCUT2D eigenvalue weighted by Crippen LogP contribution is -2.49. The smallest absolute Gasteiger partial charge is 0.225 e. The molecule has 0 saturated carbocycles. The lowest BCUT2D eigenvalue weighted by Gasteiger charge is -2.35. The number of rotatable bonds is 5. The number of benzene rings is 1. The highest BCUT2D eigenvalue weighted by Crippen LogP contribution is 2.34. The number of piperazine rings is 1. The fraction of sp³-hybridized carbons (Fsp3) is 0.542. The molecule has 1 N–H and O–H groups in total. The van der Waals surface area contributed by atoms with Crippen LogP contribution < -0.4 is 10.2 Å². The standard InChI is InChI=1S/C24H32N4O2S/c1-16(2)23(30)27-10-12-28(13-11-27)24-26-20-9-8-18(14-21(20)31-24)22(29)25-15-19-7-5-4-6-17(19)3/h4-7,16,18H,8-15H2,1-3H3,(H,25,29). The minimum absolute atomic E-state index is 0.0188. The lowest BCUT2D eigenvalue weighted by molar-refractivity contribution is -0.134. The Morgan fingerprint density at radius 1 is 1.19 bits per heavy atom. The number of amides is 2. The van der Waals surface area contributed by atoms with Crippen molar-refractivity contribution in [2.75, 3.05) is 31.1 Å². The summed E-state index contributed by atoms with van der Waals surface area (Å²) in [5, 5.41) is 4.18. The minimum Gasteiger partial charge on any atom is -0.352 e. The van der Waals surface area contributed by atoms with E-state index in [4.69, 9.17) is 4.98 Å². The Morgan fingerprint density at radius 2 is 1.94 bits per heavy atom. The highest BCUT2D eigenvalue weighted by atomic mass is 32.1. The number of nitrogens with one attached hydrogen (secondary N) is 1. The van der Waals surface area contributed by atoms with Crippen LogP contribution in [0.15, 0.2) is 24.3 Å². The molecule has 2 aliphatic rings. The zero-order valence-electron chi connectivity index (χ0n) is 18.7. The molecule has 4 rings (SSSR count). The van der Waals surface area contributed by atoms with Crippen LogP contribution in [-0.2, 0) is 29.0 Å². The van der Waals surface area contributed by atoms with Crippen LogP contribution in [-0.4, -0.2) is 47.9 Å². The monoisotopic (exact) mass is 440 g/mol. The first-order valence-electron chi connectivity index (χ1n) is 11.3. The number of anilines is 1. The van der Waals surface area contributed by atoms with E-state index in [1.165, 1.54) is 16.0 Å². The summed E-state index contributed by atoms with van der Waals surface area (Å²) >= 11 is 1.73. The van der Waals surface area contributed by atoms with Crippen molar-refractivity contribution in [2.24, 2.45) is 11.8 Å². The SMILES string of the molecule is Cc1ccccc1CNC(=O)C1CCc2nc(N3CCN(C(=O)C(C)C)CC3)sc2C1. The van der Waals surface area contributed by atoms with Crippen LogP contribution in [0.1, 0.15) is 42.0 Å². The molecule has 1 fully saturated rings. The average molecular weight is 441 g/mol. The van der Waals surface area contributed by atoms with Gasteiger partial charge in [-0.1, -0.05) is 38.1 Å². The van der Waals surface area contributed by atoms with Gasteiger partial charge in [0.1, 0.15) is 0 Å². The molecule has 1 aliphatic heterocycles. The fourth-order valence-corrected chi connectivity index (χ4v) is 5.58. The Kier molecular flexibility index (Phi) is 6.60. The average Bonchev–Trinajstić information content (AvgIpc) is 3.21. The summed E-state index contributed by atoms with van der Waals surface area (Å²) in [6.07, 6.45) is 2.49. The molecule has 2 aromatic rings. The third-order valence-electron chi connectivity index (χ3n) is 6.37. The third kappa shape index (κ3) is 4.92. The molecule has 0 radical (unpaired) electrons.